The minimum atomic E-state index is -1.90. The van der Waals surface area contributed by atoms with Crippen molar-refractivity contribution in [3.8, 4) is 0 Å². The molecule has 0 saturated carbocycles. The average Bonchev–Trinajstić information content (AvgIpc) is 2.54. The molecular weight excluding hydrogens is 393 g/mol. The van der Waals surface area contributed by atoms with E-state index >= 15 is 0 Å². The van der Waals surface area contributed by atoms with Gasteiger partial charge in [0, 0.05) is 0 Å². The highest BCUT2D eigenvalue weighted by Gasteiger charge is 2.51. The van der Waals surface area contributed by atoms with Crippen molar-refractivity contribution in [3.05, 3.63) is 0 Å². The van der Waals surface area contributed by atoms with Crippen molar-refractivity contribution < 1.29 is 8.23 Å². The molecule has 0 unspecified atom stereocenters. The quantitative estimate of drug-likeness (QED) is 0.196. The Morgan fingerprint density at radius 2 is 0.821 bits per heavy atom. The van der Waals surface area contributed by atoms with Crippen LogP contribution in [0.1, 0.15) is 109 Å². The summed E-state index contributed by atoms with van der Waals surface area (Å²) >= 11 is 0. The zero-order chi connectivity index (χ0) is 22.3. The SMILES string of the molecule is CCCCC[SiH](O[Si](C(C)C)(C(C)C)C(C)C)O[Si](C(C)C)(C(C)C)C(C)C. The van der Waals surface area contributed by atoms with Crippen LogP contribution in [0.2, 0.25) is 39.3 Å². The van der Waals surface area contributed by atoms with Gasteiger partial charge in [-0.25, -0.2) is 0 Å². The highest BCUT2D eigenvalue weighted by molar-refractivity contribution is 6.86. The normalized spacial score (nSPS) is 14.1. The van der Waals surface area contributed by atoms with Crippen LogP contribution in [0.25, 0.3) is 0 Å². The zero-order valence-corrected chi connectivity index (χ0v) is 24.8. The number of hydrogen-bond acceptors (Lipinski definition) is 2. The Labute approximate surface area is 182 Å². The molecule has 0 aromatic heterocycles. The molecule has 5 heteroatoms. The molecule has 0 rings (SSSR count). The first-order valence-electron chi connectivity index (χ1n) is 12.2. The monoisotopic (exact) mass is 446 g/mol. The van der Waals surface area contributed by atoms with Crippen LogP contribution in [0, 0.1) is 0 Å². The second-order valence-electron chi connectivity index (χ2n) is 10.8. The lowest BCUT2D eigenvalue weighted by Crippen LogP contribution is -2.57. The molecule has 0 amide bonds. The molecule has 0 aliphatic heterocycles. The molecule has 2 nitrogen and oxygen atoms in total. The van der Waals surface area contributed by atoms with Crippen LogP contribution in [-0.4, -0.2) is 25.9 Å². The van der Waals surface area contributed by atoms with Crippen LogP contribution in [0.4, 0.5) is 0 Å². The lowest BCUT2D eigenvalue weighted by molar-refractivity contribution is 0.361. The van der Waals surface area contributed by atoms with Gasteiger partial charge in [0.15, 0.2) is 16.6 Å². The molecule has 0 bridgehead atoms. The van der Waals surface area contributed by atoms with E-state index in [1.807, 2.05) is 0 Å². The van der Waals surface area contributed by atoms with Crippen LogP contribution in [0.3, 0.4) is 0 Å². The van der Waals surface area contributed by atoms with E-state index in [1.54, 1.807) is 0 Å². The Bertz CT molecular complexity index is 343. The molecule has 0 aromatic carbocycles. The van der Waals surface area contributed by atoms with E-state index in [2.05, 4.69) is 90.0 Å². The molecule has 0 N–H and O–H groups in total. The van der Waals surface area contributed by atoms with Gasteiger partial charge in [-0.1, -0.05) is 109 Å². The van der Waals surface area contributed by atoms with Gasteiger partial charge in [0.25, 0.3) is 0 Å². The van der Waals surface area contributed by atoms with Crippen molar-refractivity contribution in [3.63, 3.8) is 0 Å². The van der Waals surface area contributed by atoms with E-state index in [0.29, 0.717) is 33.2 Å². The highest BCUT2D eigenvalue weighted by atomic mass is 28.4. The predicted octanol–water partition coefficient (Wildman–Crippen LogP) is 8.78. The molecular formula is C23H54O2Si3. The third-order valence-electron chi connectivity index (χ3n) is 7.13. The summed E-state index contributed by atoms with van der Waals surface area (Å²) in [6.45, 7) is 31.1. The topological polar surface area (TPSA) is 18.5 Å². The second-order valence-corrected chi connectivity index (χ2v) is 24.5. The summed E-state index contributed by atoms with van der Waals surface area (Å²) in [6.07, 6.45) is 3.84. The molecule has 0 aliphatic rings. The van der Waals surface area contributed by atoms with Gasteiger partial charge in [-0.15, -0.1) is 0 Å². The summed E-state index contributed by atoms with van der Waals surface area (Å²) in [5, 5.41) is 0. The van der Waals surface area contributed by atoms with Crippen molar-refractivity contribution in [2.24, 2.45) is 0 Å². The van der Waals surface area contributed by atoms with Crippen LogP contribution in [-0.2, 0) is 8.23 Å². The first kappa shape index (κ1) is 28.6. The van der Waals surface area contributed by atoms with E-state index < -0.39 is 25.9 Å². The average molecular weight is 447 g/mol. The van der Waals surface area contributed by atoms with Crippen molar-refractivity contribution in [1.82, 2.24) is 0 Å². The molecule has 0 fully saturated rings. The van der Waals surface area contributed by atoms with Crippen molar-refractivity contribution >= 4 is 25.9 Å². The summed E-state index contributed by atoms with van der Waals surface area (Å²) in [7, 11) is -5.52. The van der Waals surface area contributed by atoms with Gasteiger partial charge in [0.05, 0.1) is 0 Å². The Hall–Kier alpha value is 0.571. The molecule has 0 spiro atoms. The van der Waals surface area contributed by atoms with Gasteiger partial charge in [-0.2, -0.15) is 0 Å². The molecule has 0 saturated heterocycles. The summed E-state index contributed by atoms with van der Waals surface area (Å²) in [6, 6.07) is 1.19. The summed E-state index contributed by atoms with van der Waals surface area (Å²) < 4.78 is 14.7. The van der Waals surface area contributed by atoms with Crippen LogP contribution < -0.4 is 0 Å². The standard InChI is InChI=1S/C23H54O2Si3/c1-14-15-16-17-26(24-27(18(2)3,19(4)5)20(6)7)25-28(21(8)9,22(10)11)23(12)13/h18-23,26H,14-17H2,1-13H3. The number of rotatable bonds is 14. The van der Waals surface area contributed by atoms with E-state index in [9.17, 15) is 0 Å². The highest BCUT2D eigenvalue weighted by Crippen LogP contribution is 2.46. The lowest BCUT2D eigenvalue weighted by Gasteiger charge is -2.49. The molecule has 0 heterocycles. The number of hydrogen-bond donors (Lipinski definition) is 0. The third kappa shape index (κ3) is 6.53. The molecule has 28 heavy (non-hydrogen) atoms. The van der Waals surface area contributed by atoms with Gasteiger partial charge in [-0.3, -0.25) is 0 Å². The summed E-state index contributed by atoms with van der Waals surface area (Å²) in [4.78, 5) is 0. The Morgan fingerprint density at radius 3 is 1.04 bits per heavy atom. The smallest absolute Gasteiger partial charge is 0.300 e. The first-order chi connectivity index (χ1) is 12.8. The Morgan fingerprint density at radius 1 is 0.536 bits per heavy atom. The maximum atomic E-state index is 7.37. The van der Waals surface area contributed by atoms with Gasteiger partial charge in [-0.05, 0) is 39.3 Å². The fourth-order valence-electron chi connectivity index (χ4n) is 5.97. The predicted molar refractivity (Wildman–Crippen MR) is 136 cm³/mol. The molecule has 0 aromatic rings. The summed E-state index contributed by atoms with van der Waals surface area (Å²) in [5.74, 6) is 0. The minimum Gasteiger partial charge on any atom is -0.437 e. The van der Waals surface area contributed by atoms with Crippen LogP contribution in [0.5, 0.6) is 0 Å². The van der Waals surface area contributed by atoms with E-state index in [-0.39, 0.29) is 0 Å². The number of unbranched alkanes of at least 4 members (excludes halogenated alkanes) is 2. The van der Waals surface area contributed by atoms with E-state index in [4.69, 9.17) is 8.23 Å². The largest absolute Gasteiger partial charge is 0.437 e. The van der Waals surface area contributed by atoms with Crippen molar-refractivity contribution in [2.75, 3.05) is 0 Å². The zero-order valence-electron chi connectivity index (χ0n) is 21.7. The minimum absolute atomic E-state index is 0.630. The molecule has 0 radical (unpaired) electrons. The third-order valence-corrected chi connectivity index (χ3v) is 24.2. The Balaban J connectivity index is 6.04. The lowest BCUT2D eigenvalue weighted by atomic mass is 10.3. The van der Waals surface area contributed by atoms with Crippen LogP contribution >= 0.6 is 0 Å². The first-order valence-corrected chi connectivity index (χ1v) is 18.2. The molecule has 0 aliphatic carbocycles. The Kier molecular flexibility index (Phi) is 12.7. The molecule has 0 atom stereocenters. The van der Waals surface area contributed by atoms with Gasteiger partial charge in [0.2, 0.25) is 0 Å². The van der Waals surface area contributed by atoms with Gasteiger partial charge >= 0.3 is 9.28 Å². The second kappa shape index (κ2) is 12.4. The molecule has 170 valence electrons. The van der Waals surface area contributed by atoms with E-state index in [1.165, 1.54) is 25.3 Å². The van der Waals surface area contributed by atoms with E-state index in [0.717, 1.165) is 0 Å². The summed E-state index contributed by atoms with van der Waals surface area (Å²) in [5.41, 5.74) is 3.78. The fourth-order valence-corrected chi connectivity index (χ4v) is 26.3. The fraction of sp³-hybridized carbons (Fsp3) is 1.00. The van der Waals surface area contributed by atoms with Gasteiger partial charge in [0.1, 0.15) is 0 Å². The van der Waals surface area contributed by atoms with Crippen molar-refractivity contribution in [1.29, 1.82) is 0 Å². The van der Waals surface area contributed by atoms with Crippen molar-refractivity contribution in [2.45, 2.75) is 149 Å². The van der Waals surface area contributed by atoms with Gasteiger partial charge < -0.3 is 8.23 Å². The van der Waals surface area contributed by atoms with Crippen LogP contribution in [0.15, 0.2) is 0 Å². The maximum Gasteiger partial charge on any atom is 0.300 e. The maximum absolute atomic E-state index is 7.37.